The second-order valence-corrected chi connectivity index (χ2v) is 8.62. The van der Waals surface area contributed by atoms with Crippen LogP contribution in [0.15, 0.2) is 36.4 Å². The Kier molecular flexibility index (Phi) is 9.79. The van der Waals surface area contributed by atoms with E-state index in [0.29, 0.717) is 25.4 Å². The van der Waals surface area contributed by atoms with Crippen molar-refractivity contribution in [1.29, 1.82) is 0 Å². The fourth-order valence-electron chi connectivity index (χ4n) is 4.00. The standard InChI is InChI=1S/C27H36F2O3/c1-3-5-7-8-20-9-12-22(13-10-20)32-19-23-14-11-21(18-31-23)24-15-16-25(27(29)26(24)28)30-17-6-4-2/h9-10,12-13,15-16,21,23H,3-8,11,14,17-19H2,1-2H3. The van der Waals surface area contributed by atoms with Gasteiger partial charge in [-0.25, -0.2) is 4.39 Å². The molecular formula is C27H36F2O3. The molecule has 0 aliphatic carbocycles. The summed E-state index contributed by atoms with van der Waals surface area (Å²) < 4.78 is 46.2. The van der Waals surface area contributed by atoms with Gasteiger partial charge < -0.3 is 14.2 Å². The maximum absolute atomic E-state index is 14.6. The van der Waals surface area contributed by atoms with Crippen LogP contribution >= 0.6 is 0 Å². The number of hydrogen-bond acceptors (Lipinski definition) is 3. The number of hydrogen-bond donors (Lipinski definition) is 0. The van der Waals surface area contributed by atoms with Gasteiger partial charge in [-0.2, -0.15) is 4.39 Å². The minimum absolute atomic E-state index is 0.0147. The Bertz CT molecular complexity index is 814. The maximum atomic E-state index is 14.6. The predicted octanol–water partition coefficient (Wildman–Crippen LogP) is 7.22. The smallest absolute Gasteiger partial charge is 0.200 e. The largest absolute Gasteiger partial charge is 0.491 e. The summed E-state index contributed by atoms with van der Waals surface area (Å²) in [5.74, 6) is -1.06. The number of unbranched alkanes of at least 4 members (excludes halogenated alkanes) is 3. The quantitative estimate of drug-likeness (QED) is 0.322. The Balaban J connectivity index is 1.45. The molecule has 1 heterocycles. The predicted molar refractivity (Wildman–Crippen MR) is 124 cm³/mol. The van der Waals surface area contributed by atoms with Crippen LogP contribution in [0.2, 0.25) is 0 Å². The minimum Gasteiger partial charge on any atom is -0.491 e. The van der Waals surface area contributed by atoms with Crippen LogP contribution in [0, 0.1) is 11.6 Å². The van der Waals surface area contributed by atoms with Gasteiger partial charge in [-0.15, -0.1) is 0 Å². The number of aryl methyl sites for hydroxylation is 1. The normalized spacial score (nSPS) is 18.5. The zero-order valence-corrected chi connectivity index (χ0v) is 19.4. The summed E-state index contributed by atoms with van der Waals surface area (Å²) >= 11 is 0. The molecule has 2 unspecified atom stereocenters. The molecule has 1 saturated heterocycles. The highest BCUT2D eigenvalue weighted by Crippen LogP contribution is 2.33. The van der Waals surface area contributed by atoms with E-state index in [0.717, 1.165) is 37.9 Å². The van der Waals surface area contributed by atoms with Crippen molar-refractivity contribution >= 4 is 0 Å². The Morgan fingerprint density at radius 2 is 1.66 bits per heavy atom. The molecule has 2 aromatic carbocycles. The first-order chi connectivity index (χ1) is 15.6. The van der Waals surface area contributed by atoms with Crippen LogP contribution in [0.25, 0.3) is 0 Å². The van der Waals surface area contributed by atoms with E-state index in [4.69, 9.17) is 14.2 Å². The van der Waals surface area contributed by atoms with Gasteiger partial charge in [0.1, 0.15) is 12.4 Å². The third kappa shape index (κ3) is 6.93. The lowest BCUT2D eigenvalue weighted by molar-refractivity contribution is -0.0218. The summed E-state index contributed by atoms with van der Waals surface area (Å²) in [6.07, 6.45) is 7.99. The highest BCUT2D eigenvalue weighted by molar-refractivity contribution is 5.33. The van der Waals surface area contributed by atoms with E-state index < -0.39 is 11.6 Å². The van der Waals surface area contributed by atoms with Crippen molar-refractivity contribution in [1.82, 2.24) is 0 Å². The summed E-state index contributed by atoms with van der Waals surface area (Å²) in [6.45, 7) is 5.44. The third-order valence-electron chi connectivity index (χ3n) is 6.07. The van der Waals surface area contributed by atoms with Gasteiger partial charge in [0.2, 0.25) is 5.82 Å². The average Bonchev–Trinajstić information content (AvgIpc) is 2.82. The topological polar surface area (TPSA) is 27.7 Å². The Labute approximate surface area is 191 Å². The molecule has 32 heavy (non-hydrogen) atoms. The monoisotopic (exact) mass is 446 g/mol. The summed E-state index contributed by atoms with van der Waals surface area (Å²) in [6, 6.07) is 11.4. The van der Waals surface area contributed by atoms with Gasteiger partial charge in [-0.3, -0.25) is 0 Å². The van der Waals surface area contributed by atoms with Crippen molar-refractivity contribution in [3.05, 3.63) is 59.2 Å². The highest BCUT2D eigenvalue weighted by Gasteiger charge is 2.27. The second-order valence-electron chi connectivity index (χ2n) is 8.62. The van der Waals surface area contributed by atoms with Crippen LogP contribution in [-0.4, -0.2) is 25.9 Å². The molecule has 3 rings (SSSR count). The number of rotatable bonds is 12. The third-order valence-corrected chi connectivity index (χ3v) is 6.07. The van der Waals surface area contributed by atoms with Gasteiger partial charge in [-0.1, -0.05) is 51.3 Å². The van der Waals surface area contributed by atoms with E-state index in [2.05, 4.69) is 19.1 Å². The van der Waals surface area contributed by atoms with Crippen LogP contribution in [0.5, 0.6) is 11.5 Å². The number of ether oxygens (including phenoxy) is 3. The van der Waals surface area contributed by atoms with Gasteiger partial charge in [0.15, 0.2) is 11.6 Å². The van der Waals surface area contributed by atoms with E-state index in [1.807, 2.05) is 19.1 Å². The first-order valence-corrected chi connectivity index (χ1v) is 12.1. The second kappa shape index (κ2) is 12.8. The number of halogens is 2. The molecule has 1 fully saturated rings. The Morgan fingerprint density at radius 3 is 2.34 bits per heavy atom. The van der Waals surface area contributed by atoms with E-state index in [1.54, 1.807) is 6.07 Å². The van der Waals surface area contributed by atoms with Gasteiger partial charge in [0.25, 0.3) is 0 Å². The van der Waals surface area contributed by atoms with Gasteiger partial charge >= 0.3 is 0 Å². The SMILES string of the molecule is CCCCCc1ccc(OCC2CCC(c3ccc(OCCCC)c(F)c3F)CO2)cc1. The van der Waals surface area contributed by atoms with E-state index >= 15 is 0 Å². The van der Waals surface area contributed by atoms with Crippen molar-refractivity contribution in [3.8, 4) is 11.5 Å². The Hall–Kier alpha value is -2.14. The summed E-state index contributed by atoms with van der Waals surface area (Å²) in [5, 5.41) is 0. The van der Waals surface area contributed by atoms with Crippen molar-refractivity contribution < 1.29 is 23.0 Å². The lowest BCUT2D eigenvalue weighted by Gasteiger charge is -2.29. The zero-order valence-electron chi connectivity index (χ0n) is 19.4. The fraction of sp³-hybridized carbons (Fsp3) is 0.556. The molecule has 3 nitrogen and oxygen atoms in total. The van der Waals surface area contributed by atoms with Crippen LogP contribution in [0.3, 0.4) is 0 Å². The summed E-state index contributed by atoms with van der Waals surface area (Å²) in [7, 11) is 0. The van der Waals surface area contributed by atoms with Gasteiger partial charge in [0.05, 0.1) is 19.3 Å². The van der Waals surface area contributed by atoms with Crippen molar-refractivity contribution in [3.63, 3.8) is 0 Å². The lowest BCUT2D eigenvalue weighted by Crippen LogP contribution is -2.30. The maximum Gasteiger partial charge on any atom is 0.200 e. The van der Waals surface area contributed by atoms with Crippen molar-refractivity contribution in [2.75, 3.05) is 19.8 Å². The zero-order chi connectivity index (χ0) is 22.8. The van der Waals surface area contributed by atoms with Crippen LogP contribution in [0.4, 0.5) is 8.78 Å². The minimum atomic E-state index is -0.901. The first kappa shape index (κ1) is 24.5. The van der Waals surface area contributed by atoms with Crippen LogP contribution in [0.1, 0.15) is 75.8 Å². The van der Waals surface area contributed by atoms with Gasteiger partial charge in [-0.05, 0) is 61.4 Å². The first-order valence-electron chi connectivity index (χ1n) is 12.1. The average molecular weight is 447 g/mol. The van der Waals surface area contributed by atoms with Crippen LogP contribution < -0.4 is 9.47 Å². The summed E-state index contributed by atoms with van der Waals surface area (Å²) in [4.78, 5) is 0. The molecule has 0 aromatic heterocycles. The van der Waals surface area contributed by atoms with Gasteiger partial charge in [0, 0.05) is 5.92 Å². The molecule has 176 valence electrons. The molecule has 2 atom stereocenters. The molecule has 1 aliphatic heterocycles. The molecule has 0 radical (unpaired) electrons. The van der Waals surface area contributed by atoms with E-state index in [1.165, 1.54) is 30.9 Å². The molecule has 2 aromatic rings. The molecule has 0 bridgehead atoms. The molecule has 0 N–H and O–H groups in total. The van der Waals surface area contributed by atoms with Crippen LogP contribution in [-0.2, 0) is 11.2 Å². The van der Waals surface area contributed by atoms with Crippen molar-refractivity contribution in [2.45, 2.75) is 77.2 Å². The lowest BCUT2D eigenvalue weighted by atomic mass is 9.91. The molecule has 5 heteroatoms. The van der Waals surface area contributed by atoms with Crippen molar-refractivity contribution in [2.24, 2.45) is 0 Å². The van der Waals surface area contributed by atoms with E-state index in [9.17, 15) is 8.78 Å². The highest BCUT2D eigenvalue weighted by atomic mass is 19.2. The molecule has 0 saturated carbocycles. The Morgan fingerprint density at radius 1 is 0.875 bits per heavy atom. The van der Waals surface area contributed by atoms with E-state index in [-0.39, 0.29) is 17.8 Å². The summed E-state index contributed by atoms with van der Waals surface area (Å²) in [5.41, 5.74) is 1.70. The molecule has 0 amide bonds. The number of benzene rings is 2. The molecule has 1 aliphatic rings. The molecular weight excluding hydrogens is 410 g/mol. The fourth-order valence-corrected chi connectivity index (χ4v) is 4.00. The molecule has 0 spiro atoms.